The van der Waals surface area contributed by atoms with Crippen molar-refractivity contribution in [3.63, 3.8) is 0 Å². The summed E-state index contributed by atoms with van der Waals surface area (Å²) in [4.78, 5) is 4.39. The van der Waals surface area contributed by atoms with E-state index in [1.165, 1.54) is 16.5 Å². The van der Waals surface area contributed by atoms with Crippen molar-refractivity contribution >= 4 is 10.9 Å². The van der Waals surface area contributed by atoms with E-state index in [9.17, 15) is 0 Å². The van der Waals surface area contributed by atoms with Gasteiger partial charge in [-0.05, 0) is 43.2 Å². The highest BCUT2D eigenvalue weighted by Crippen LogP contribution is 2.22. The molecule has 1 aromatic carbocycles. The predicted molar refractivity (Wildman–Crippen MR) is 82.6 cm³/mol. The maximum absolute atomic E-state index is 5.93. The van der Waals surface area contributed by atoms with Crippen LogP contribution in [-0.4, -0.2) is 15.6 Å². The Morgan fingerprint density at radius 3 is 2.80 bits per heavy atom. The third-order valence-corrected chi connectivity index (χ3v) is 3.50. The van der Waals surface area contributed by atoms with E-state index >= 15 is 0 Å². The van der Waals surface area contributed by atoms with Crippen LogP contribution in [0.4, 0.5) is 0 Å². The molecule has 0 amide bonds. The minimum atomic E-state index is 0.180. The van der Waals surface area contributed by atoms with Gasteiger partial charge in [-0.2, -0.15) is 0 Å². The lowest BCUT2D eigenvalue weighted by Crippen LogP contribution is -2.17. The summed E-state index contributed by atoms with van der Waals surface area (Å²) in [5, 5.41) is 1.29. The Hall–Kier alpha value is -2.13. The molecule has 3 aromatic rings. The molecule has 0 saturated heterocycles. The van der Waals surface area contributed by atoms with Gasteiger partial charge in [0.2, 0.25) is 0 Å². The van der Waals surface area contributed by atoms with E-state index in [-0.39, 0.29) is 6.04 Å². The first-order chi connectivity index (χ1) is 9.74. The summed E-state index contributed by atoms with van der Waals surface area (Å²) in [6, 6.07) is 14.8. The molecule has 1 unspecified atom stereocenters. The molecule has 2 aromatic heterocycles. The van der Waals surface area contributed by atoms with E-state index in [0.29, 0.717) is 0 Å². The van der Waals surface area contributed by atoms with Crippen molar-refractivity contribution in [2.24, 2.45) is 5.73 Å². The number of fused-ring (bicyclic) bond motifs is 1. The predicted octanol–water partition coefficient (Wildman–Crippen LogP) is 2.97. The van der Waals surface area contributed by atoms with Crippen molar-refractivity contribution in [3.05, 3.63) is 66.1 Å². The van der Waals surface area contributed by atoms with Gasteiger partial charge in [0.1, 0.15) is 0 Å². The van der Waals surface area contributed by atoms with Gasteiger partial charge in [-0.15, -0.1) is 0 Å². The number of hydrogen-bond acceptors (Lipinski definition) is 2. The van der Waals surface area contributed by atoms with Gasteiger partial charge in [0.15, 0.2) is 0 Å². The molecule has 0 bridgehead atoms. The highest BCUT2D eigenvalue weighted by atomic mass is 15.0. The Bertz CT molecular complexity index is 699. The van der Waals surface area contributed by atoms with Crippen LogP contribution >= 0.6 is 0 Å². The molecule has 0 radical (unpaired) electrons. The second-order valence-corrected chi connectivity index (χ2v) is 5.30. The van der Waals surface area contributed by atoms with E-state index in [1.807, 2.05) is 25.3 Å². The van der Waals surface area contributed by atoms with Crippen LogP contribution < -0.4 is 5.73 Å². The number of aromatic nitrogens is 2. The second-order valence-electron chi connectivity index (χ2n) is 5.30. The molecule has 0 saturated carbocycles. The van der Waals surface area contributed by atoms with Gasteiger partial charge in [0.25, 0.3) is 0 Å². The minimum absolute atomic E-state index is 0.180. The van der Waals surface area contributed by atoms with Crippen LogP contribution in [0.2, 0.25) is 0 Å². The van der Waals surface area contributed by atoms with Crippen LogP contribution in [0.1, 0.15) is 18.2 Å². The zero-order valence-electron chi connectivity index (χ0n) is 11.7. The summed E-state index contributed by atoms with van der Waals surface area (Å²) in [7, 11) is 0. The van der Waals surface area contributed by atoms with Crippen molar-refractivity contribution in [2.75, 3.05) is 0 Å². The van der Waals surface area contributed by atoms with Crippen molar-refractivity contribution in [3.8, 4) is 0 Å². The summed E-state index contributed by atoms with van der Waals surface area (Å²) >= 11 is 0. The van der Waals surface area contributed by atoms with Crippen LogP contribution in [-0.2, 0) is 13.0 Å². The molecule has 2 heterocycles. The molecule has 3 nitrogen and oxygen atoms in total. The SMILES string of the molecule is CC(N)Cc1cccc2c1ccn2Cc1ccccn1. The van der Waals surface area contributed by atoms with E-state index in [4.69, 9.17) is 5.73 Å². The fourth-order valence-corrected chi connectivity index (χ4v) is 2.62. The highest BCUT2D eigenvalue weighted by molar-refractivity contribution is 5.83. The van der Waals surface area contributed by atoms with Gasteiger partial charge < -0.3 is 10.3 Å². The molecule has 3 heteroatoms. The van der Waals surface area contributed by atoms with E-state index in [1.54, 1.807) is 0 Å². The maximum Gasteiger partial charge on any atom is 0.0648 e. The summed E-state index contributed by atoms with van der Waals surface area (Å²) in [5.41, 5.74) is 9.56. The largest absolute Gasteiger partial charge is 0.341 e. The number of pyridine rings is 1. The Labute approximate surface area is 119 Å². The molecule has 0 fully saturated rings. The summed E-state index contributed by atoms with van der Waals surface area (Å²) in [6.45, 7) is 2.84. The first kappa shape index (κ1) is 12.9. The van der Waals surface area contributed by atoms with Crippen molar-refractivity contribution < 1.29 is 0 Å². The van der Waals surface area contributed by atoms with Gasteiger partial charge in [0, 0.05) is 29.3 Å². The van der Waals surface area contributed by atoms with Gasteiger partial charge in [-0.3, -0.25) is 4.98 Å². The zero-order chi connectivity index (χ0) is 13.9. The molecular weight excluding hydrogens is 246 g/mol. The second kappa shape index (κ2) is 5.47. The van der Waals surface area contributed by atoms with E-state index in [2.05, 4.69) is 46.1 Å². The topological polar surface area (TPSA) is 43.8 Å². The van der Waals surface area contributed by atoms with Gasteiger partial charge in [0.05, 0.1) is 12.2 Å². The molecule has 102 valence electrons. The lowest BCUT2D eigenvalue weighted by Gasteiger charge is -2.09. The quantitative estimate of drug-likeness (QED) is 0.788. The van der Waals surface area contributed by atoms with Crippen molar-refractivity contribution in [2.45, 2.75) is 25.9 Å². The van der Waals surface area contributed by atoms with Gasteiger partial charge in [-0.25, -0.2) is 0 Å². The summed E-state index contributed by atoms with van der Waals surface area (Å²) < 4.78 is 2.24. The Morgan fingerprint density at radius 2 is 2.05 bits per heavy atom. The average molecular weight is 265 g/mol. The molecule has 0 aliphatic carbocycles. The van der Waals surface area contributed by atoms with E-state index < -0.39 is 0 Å². The Morgan fingerprint density at radius 1 is 1.15 bits per heavy atom. The van der Waals surface area contributed by atoms with Crippen LogP contribution in [0.15, 0.2) is 54.9 Å². The lowest BCUT2D eigenvalue weighted by atomic mass is 10.0. The number of rotatable bonds is 4. The van der Waals surface area contributed by atoms with Crippen LogP contribution in [0.5, 0.6) is 0 Å². The molecule has 2 N–H and O–H groups in total. The highest BCUT2D eigenvalue weighted by Gasteiger charge is 2.07. The first-order valence-corrected chi connectivity index (χ1v) is 6.96. The third kappa shape index (κ3) is 2.58. The van der Waals surface area contributed by atoms with Crippen molar-refractivity contribution in [1.29, 1.82) is 0 Å². The number of nitrogens with zero attached hydrogens (tertiary/aromatic N) is 2. The van der Waals surface area contributed by atoms with Crippen LogP contribution in [0, 0.1) is 0 Å². The molecule has 20 heavy (non-hydrogen) atoms. The minimum Gasteiger partial charge on any atom is -0.341 e. The molecule has 3 rings (SSSR count). The van der Waals surface area contributed by atoms with Crippen LogP contribution in [0.25, 0.3) is 10.9 Å². The zero-order valence-corrected chi connectivity index (χ0v) is 11.7. The third-order valence-electron chi connectivity index (χ3n) is 3.50. The van der Waals surface area contributed by atoms with Crippen LogP contribution in [0.3, 0.4) is 0 Å². The molecule has 1 atom stereocenters. The Kier molecular flexibility index (Phi) is 3.52. The average Bonchev–Trinajstić information content (AvgIpc) is 2.84. The van der Waals surface area contributed by atoms with Crippen molar-refractivity contribution in [1.82, 2.24) is 9.55 Å². The fourth-order valence-electron chi connectivity index (χ4n) is 2.62. The monoisotopic (exact) mass is 265 g/mol. The molecule has 0 aliphatic rings. The molecule has 0 aliphatic heterocycles. The summed E-state index contributed by atoms with van der Waals surface area (Å²) in [5.74, 6) is 0. The van der Waals surface area contributed by atoms with Gasteiger partial charge in [-0.1, -0.05) is 18.2 Å². The summed E-state index contributed by atoms with van der Waals surface area (Å²) in [6.07, 6.45) is 4.87. The Balaban J connectivity index is 1.97. The van der Waals surface area contributed by atoms with E-state index in [0.717, 1.165) is 18.7 Å². The first-order valence-electron chi connectivity index (χ1n) is 6.96. The molecule has 0 spiro atoms. The maximum atomic E-state index is 5.93. The number of hydrogen-bond donors (Lipinski definition) is 1. The fraction of sp³-hybridized carbons (Fsp3) is 0.235. The number of benzene rings is 1. The lowest BCUT2D eigenvalue weighted by molar-refractivity contribution is 0.741. The van der Waals surface area contributed by atoms with Gasteiger partial charge >= 0.3 is 0 Å². The number of nitrogens with two attached hydrogens (primary N) is 1. The smallest absolute Gasteiger partial charge is 0.0648 e. The standard InChI is InChI=1S/C17H19N3/c1-13(18)11-14-5-4-7-17-16(14)8-10-20(17)12-15-6-2-3-9-19-15/h2-10,13H,11-12,18H2,1H3. The normalized spacial score (nSPS) is 12.7. The molecular formula is C17H19N3.